The number of nitrogens with zero attached hydrogens (tertiary/aromatic N) is 2. The first kappa shape index (κ1) is 24.8. The number of rotatable bonds is 6. The third-order valence-electron chi connectivity index (χ3n) is 7.22. The molecular weight excluding hydrogens is 460 g/mol. The molecule has 1 atom stereocenters. The Kier molecular flexibility index (Phi) is 7.10. The lowest BCUT2D eigenvalue weighted by Gasteiger charge is -2.33. The van der Waals surface area contributed by atoms with Crippen LogP contribution in [0.5, 0.6) is 5.75 Å². The number of nitrogen functional groups attached to an aromatic ring is 1. The van der Waals surface area contributed by atoms with Gasteiger partial charge in [-0.15, -0.1) is 0 Å². The quantitative estimate of drug-likeness (QED) is 0.342. The zero-order valence-corrected chi connectivity index (χ0v) is 21.8. The molecule has 0 saturated carbocycles. The lowest BCUT2D eigenvalue weighted by molar-refractivity contribution is 0.0839. The van der Waals surface area contributed by atoms with Gasteiger partial charge in [-0.25, -0.2) is 0 Å². The second kappa shape index (κ2) is 10.6. The van der Waals surface area contributed by atoms with Crippen LogP contribution in [-0.2, 0) is 6.54 Å². The summed E-state index contributed by atoms with van der Waals surface area (Å²) in [5.74, 6) is 0.781. The topological polar surface area (TPSA) is 80.5 Å². The van der Waals surface area contributed by atoms with E-state index in [1.165, 1.54) is 5.56 Å². The molecule has 1 aliphatic rings. The molecule has 1 saturated heterocycles. The van der Waals surface area contributed by atoms with Crippen molar-refractivity contribution >= 4 is 28.2 Å². The highest BCUT2D eigenvalue weighted by molar-refractivity contribution is 6.06. The molecule has 0 aliphatic carbocycles. The number of nitrogens with one attached hydrogen (secondary N) is 1. The van der Waals surface area contributed by atoms with E-state index in [0.717, 1.165) is 59.4 Å². The Labute approximate surface area is 218 Å². The minimum Gasteiger partial charge on any atom is -0.489 e. The van der Waals surface area contributed by atoms with Gasteiger partial charge in [0.05, 0.1) is 5.52 Å². The SMILES string of the molecule is Cc1ccc(OC2CCCN(Cc3ccccc3C(=O)Nc3ccc4nc(C)c(C)c(N)c4c3)C2)cc1. The van der Waals surface area contributed by atoms with E-state index in [2.05, 4.69) is 34.3 Å². The molecule has 0 spiro atoms. The van der Waals surface area contributed by atoms with Gasteiger partial charge in [0.2, 0.25) is 0 Å². The molecule has 37 heavy (non-hydrogen) atoms. The van der Waals surface area contributed by atoms with Crippen LogP contribution in [0.3, 0.4) is 0 Å². The Bertz CT molecular complexity index is 1430. The molecule has 0 bridgehead atoms. The van der Waals surface area contributed by atoms with Gasteiger partial charge in [0.1, 0.15) is 11.9 Å². The lowest BCUT2D eigenvalue weighted by Crippen LogP contribution is -2.40. The van der Waals surface area contributed by atoms with E-state index in [0.29, 0.717) is 23.5 Å². The fraction of sp³-hybridized carbons (Fsp3) is 0.290. The molecule has 6 nitrogen and oxygen atoms in total. The predicted octanol–water partition coefficient (Wildman–Crippen LogP) is 6.04. The Balaban J connectivity index is 1.29. The van der Waals surface area contributed by atoms with Gasteiger partial charge in [-0.3, -0.25) is 14.7 Å². The Morgan fingerprint density at radius 1 is 1.08 bits per heavy atom. The van der Waals surface area contributed by atoms with E-state index in [4.69, 9.17) is 10.5 Å². The second-order valence-corrected chi connectivity index (χ2v) is 10.0. The predicted molar refractivity (Wildman–Crippen MR) is 150 cm³/mol. The van der Waals surface area contributed by atoms with Crippen molar-refractivity contribution in [3.8, 4) is 5.75 Å². The average molecular weight is 495 g/mol. The van der Waals surface area contributed by atoms with Crippen LogP contribution in [0.25, 0.3) is 10.9 Å². The summed E-state index contributed by atoms with van der Waals surface area (Å²) < 4.78 is 6.26. The zero-order valence-electron chi connectivity index (χ0n) is 21.8. The van der Waals surface area contributed by atoms with Crippen molar-refractivity contribution in [1.29, 1.82) is 0 Å². The highest BCUT2D eigenvalue weighted by Gasteiger charge is 2.23. The van der Waals surface area contributed by atoms with E-state index >= 15 is 0 Å². The van der Waals surface area contributed by atoms with Crippen LogP contribution >= 0.6 is 0 Å². The summed E-state index contributed by atoms with van der Waals surface area (Å²) in [4.78, 5) is 20.3. The number of anilines is 2. The number of aryl methyl sites for hydroxylation is 2. The Morgan fingerprint density at radius 2 is 1.86 bits per heavy atom. The number of hydrogen-bond acceptors (Lipinski definition) is 5. The number of amides is 1. The first-order valence-electron chi connectivity index (χ1n) is 12.9. The molecule has 0 radical (unpaired) electrons. The van der Waals surface area contributed by atoms with Gasteiger partial charge in [0.15, 0.2) is 0 Å². The van der Waals surface area contributed by atoms with Crippen molar-refractivity contribution in [3.05, 3.63) is 94.7 Å². The van der Waals surface area contributed by atoms with Crippen LogP contribution in [-0.4, -0.2) is 35.0 Å². The summed E-state index contributed by atoms with van der Waals surface area (Å²) in [5, 5.41) is 3.92. The molecule has 2 heterocycles. The van der Waals surface area contributed by atoms with Gasteiger partial charge in [0, 0.05) is 41.1 Å². The largest absolute Gasteiger partial charge is 0.489 e. The van der Waals surface area contributed by atoms with Crippen LogP contribution in [0, 0.1) is 20.8 Å². The third kappa shape index (κ3) is 5.59. The molecule has 1 aliphatic heterocycles. The van der Waals surface area contributed by atoms with Crippen molar-refractivity contribution in [1.82, 2.24) is 9.88 Å². The van der Waals surface area contributed by atoms with Crippen LogP contribution in [0.1, 0.15) is 45.6 Å². The Morgan fingerprint density at radius 3 is 2.68 bits per heavy atom. The number of pyridine rings is 1. The minimum absolute atomic E-state index is 0.130. The number of nitrogens with two attached hydrogens (primary N) is 1. The molecular formula is C31H34N4O2. The third-order valence-corrected chi connectivity index (χ3v) is 7.22. The van der Waals surface area contributed by atoms with Crippen LogP contribution in [0.15, 0.2) is 66.7 Å². The number of hydrogen-bond donors (Lipinski definition) is 2. The van der Waals surface area contributed by atoms with Crippen molar-refractivity contribution in [2.45, 2.75) is 46.3 Å². The van der Waals surface area contributed by atoms with E-state index in [-0.39, 0.29) is 12.0 Å². The maximum atomic E-state index is 13.4. The number of carbonyl (C=O) groups excluding carboxylic acids is 1. The average Bonchev–Trinajstić information content (AvgIpc) is 2.90. The number of fused-ring (bicyclic) bond motifs is 1. The van der Waals surface area contributed by atoms with Crippen molar-refractivity contribution in [2.75, 3.05) is 24.1 Å². The number of ether oxygens (including phenoxy) is 1. The molecule has 4 aromatic rings. The van der Waals surface area contributed by atoms with E-state index in [1.807, 2.05) is 68.4 Å². The van der Waals surface area contributed by atoms with Gasteiger partial charge in [0.25, 0.3) is 5.91 Å². The lowest BCUT2D eigenvalue weighted by atomic mass is 10.0. The molecule has 6 heteroatoms. The number of piperidine rings is 1. The molecule has 1 unspecified atom stereocenters. The smallest absolute Gasteiger partial charge is 0.255 e. The summed E-state index contributed by atoms with van der Waals surface area (Å²) in [6.07, 6.45) is 2.24. The number of carbonyl (C=O) groups is 1. The molecule has 3 N–H and O–H groups in total. The van der Waals surface area contributed by atoms with Gasteiger partial charge < -0.3 is 15.8 Å². The van der Waals surface area contributed by atoms with Gasteiger partial charge in [-0.05, 0) is 87.7 Å². The van der Waals surface area contributed by atoms with E-state index < -0.39 is 0 Å². The molecule has 1 amide bonds. The molecule has 1 aromatic heterocycles. The van der Waals surface area contributed by atoms with Crippen molar-refractivity contribution < 1.29 is 9.53 Å². The fourth-order valence-corrected chi connectivity index (χ4v) is 4.97. The normalized spacial score (nSPS) is 16.0. The Hall–Kier alpha value is -3.90. The summed E-state index contributed by atoms with van der Waals surface area (Å²) in [6.45, 7) is 8.52. The molecule has 5 rings (SSSR count). The molecule has 3 aromatic carbocycles. The second-order valence-electron chi connectivity index (χ2n) is 10.0. The maximum Gasteiger partial charge on any atom is 0.255 e. The summed E-state index contributed by atoms with van der Waals surface area (Å²) >= 11 is 0. The van der Waals surface area contributed by atoms with Crippen molar-refractivity contribution in [2.24, 2.45) is 0 Å². The minimum atomic E-state index is -0.130. The monoisotopic (exact) mass is 494 g/mol. The first-order valence-corrected chi connectivity index (χ1v) is 12.9. The van der Waals surface area contributed by atoms with Crippen LogP contribution in [0.2, 0.25) is 0 Å². The van der Waals surface area contributed by atoms with Gasteiger partial charge in [-0.1, -0.05) is 35.9 Å². The first-order chi connectivity index (χ1) is 17.9. The van der Waals surface area contributed by atoms with E-state index in [1.54, 1.807) is 0 Å². The highest BCUT2D eigenvalue weighted by atomic mass is 16.5. The summed E-state index contributed by atoms with van der Waals surface area (Å²) in [7, 11) is 0. The van der Waals surface area contributed by atoms with Crippen molar-refractivity contribution in [3.63, 3.8) is 0 Å². The molecule has 1 fully saturated rings. The van der Waals surface area contributed by atoms with Gasteiger partial charge in [-0.2, -0.15) is 0 Å². The van der Waals surface area contributed by atoms with E-state index in [9.17, 15) is 4.79 Å². The summed E-state index contributed by atoms with van der Waals surface area (Å²) in [6, 6.07) is 21.7. The number of aromatic nitrogens is 1. The maximum absolute atomic E-state index is 13.4. The zero-order chi connectivity index (χ0) is 25.9. The molecule has 190 valence electrons. The standard InChI is InChI=1S/C31H34N4O2/c1-20-10-13-25(14-11-20)37-26-8-6-16-35(19-26)18-23-7-4-5-9-27(23)31(36)34-24-12-15-29-28(17-24)30(32)21(2)22(3)33-29/h4-5,7,9-15,17,26H,6,8,16,18-19H2,1-3H3,(H2,32,33)(H,34,36). The fourth-order valence-electron chi connectivity index (χ4n) is 4.97. The van der Waals surface area contributed by atoms with Crippen LogP contribution in [0.4, 0.5) is 11.4 Å². The number of benzene rings is 3. The summed E-state index contributed by atoms with van der Waals surface area (Å²) in [5.41, 5.74) is 13.4. The van der Waals surface area contributed by atoms with Crippen LogP contribution < -0.4 is 15.8 Å². The highest BCUT2D eigenvalue weighted by Crippen LogP contribution is 2.28. The van der Waals surface area contributed by atoms with Gasteiger partial charge >= 0.3 is 0 Å². The number of likely N-dealkylation sites (tertiary alicyclic amines) is 1.